The summed E-state index contributed by atoms with van der Waals surface area (Å²) < 4.78 is 47.5. The number of hydrazone groups is 2. The van der Waals surface area contributed by atoms with Gasteiger partial charge in [-0.05, 0) is 31.9 Å². The molecule has 0 amide bonds. The van der Waals surface area contributed by atoms with Crippen LogP contribution in [0.15, 0.2) is 40.4 Å². The van der Waals surface area contributed by atoms with Crippen LogP contribution in [-0.4, -0.2) is 52.3 Å². The molecule has 11 heteroatoms. The number of rotatable bonds is 4. The molecule has 32 heavy (non-hydrogen) atoms. The maximum Gasteiger partial charge on any atom is 0.267 e. The predicted molar refractivity (Wildman–Crippen MR) is 115 cm³/mol. The molecule has 0 aromatic carbocycles. The maximum atomic E-state index is 14.1. The number of aryl methyl sites for hydroxylation is 1. The Morgan fingerprint density at radius 1 is 1.38 bits per heavy atom. The maximum absolute atomic E-state index is 14.1. The second-order valence-electron chi connectivity index (χ2n) is 7.85. The van der Waals surface area contributed by atoms with E-state index >= 15 is 0 Å². The van der Waals surface area contributed by atoms with Crippen molar-refractivity contribution in [1.82, 2.24) is 25.4 Å². The molecule has 170 valence electrons. The van der Waals surface area contributed by atoms with Gasteiger partial charge in [-0.2, -0.15) is 20.8 Å². The van der Waals surface area contributed by atoms with E-state index in [2.05, 4.69) is 37.9 Å². The lowest BCUT2D eigenvalue weighted by Gasteiger charge is -2.37. The van der Waals surface area contributed by atoms with Crippen molar-refractivity contribution in [3.63, 3.8) is 0 Å². The van der Waals surface area contributed by atoms with E-state index in [9.17, 15) is 13.2 Å². The van der Waals surface area contributed by atoms with Gasteiger partial charge in [0.05, 0.1) is 28.7 Å². The first-order valence-corrected chi connectivity index (χ1v) is 10.3. The van der Waals surface area contributed by atoms with Gasteiger partial charge in [-0.3, -0.25) is 0 Å². The first kappa shape index (κ1) is 22.2. The van der Waals surface area contributed by atoms with Gasteiger partial charge in [-0.1, -0.05) is 6.08 Å². The van der Waals surface area contributed by atoms with E-state index in [1.54, 1.807) is 19.2 Å². The highest BCUT2D eigenvalue weighted by molar-refractivity contribution is 6.04. The van der Waals surface area contributed by atoms with E-state index in [-0.39, 0.29) is 29.0 Å². The molecule has 1 spiro atoms. The Morgan fingerprint density at radius 3 is 2.75 bits per heavy atom. The number of fused-ring (bicyclic) bond motifs is 1. The Kier molecular flexibility index (Phi) is 6.38. The van der Waals surface area contributed by atoms with Crippen LogP contribution < -0.4 is 10.9 Å². The zero-order valence-corrected chi connectivity index (χ0v) is 17.6. The molecule has 2 aromatic rings. The molecular weight excluding hydrogens is 423 g/mol. The van der Waals surface area contributed by atoms with Crippen molar-refractivity contribution >= 4 is 23.6 Å². The van der Waals surface area contributed by atoms with Gasteiger partial charge in [0.2, 0.25) is 0 Å². The Morgan fingerprint density at radius 2 is 2.19 bits per heavy atom. The molecule has 0 bridgehead atoms. The molecule has 2 aliphatic heterocycles. The summed E-state index contributed by atoms with van der Waals surface area (Å²) in [5.74, 6) is -0.592. The largest absolute Gasteiger partial charge is 0.372 e. The number of alkyl halides is 2. The van der Waals surface area contributed by atoms with Crippen LogP contribution >= 0.6 is 0 Å². The van der Waals surface area contributed by atoms with Crippen molar-refractivity contribution in [1.29, 1.82) is 0 Å². The molecule has 0 atom stereocenters. The van der Waals surface area contributed by atoms with Crippen molar-refractivity contribution in [2.75, 3.05) is 19.7 Å². The van der Waals surface area contributed by atoms with E-state index < -0.39 is 12.3 Å². The average Bonchev–Trinajstić information content (AvgIpc) is 3.38. The highest BCUT2D eigenvalue weighted by Gasteiger charge is 2.40. The fourth-order valence-electron chi connectivity index (χ4n) is 3.81. The Balaban J connectivity index is 0.000000254. The summed E-state index contributed by atoms with van der Waals surface area (Å²) in [4.78, 5) is 4.05. The van der Waals surface area contributed by atoms with E-state index in [4.69, 9.17) is 4.74 Å². The van der Waals surface area contributed by atoms with Gasteiger partial charge in [0.1, 0.15) is 11.5 Å². The molecule has 2 aromatic heterocycles. The highest BCUT2D eigenvalue weighted by atomic mass is 19.3. The van der Waals surface area contributed by atoms with E-state index in [1.807, 2.05) is 0 Å². The van der Waals surface area contributed by atoms with Crippen molar-refractivity contribution in [2.45, 2.75) is 38.2 Å². The zero-order valence-electron chi connectivity index (χ0n) is 17.6. The molecular formula is C21H24F3N7O. The first-order chi connectivity index (χ1) is 15.4. The standard InChI is InChI=1S/C15H13F3N6.C6H11NO/c1-8-7-24-15(20-8)10(14(17)18)6-13(22-24)9-3-4-12(11(16)5-9)21-23-19-2;1-2-6(8-3-1)4-7-5-6/h3,5-7,14,23H,2,4H2,1H3;7H,1-5H2/b21-12+;. The highest BCUT2D eigenvalue weighted by Crippen LogP contribution is 2.30. The fraction of sp³-hybridized carbons (Fsp3) is 0.429. The number of allylic oxidation sites excluding steroid dienone is 4. The smallest absolute Gasteiger partial charge is 0.267 e. The molecule has 3 aliphatic rings. The molecule has 4 heterocycles. The second kappa shape index (κ2) is 9.21. The SMILES string of the molecule is C1COC2(C1)CNC2.C=NN/N=C1\CC=C(c2cc(C(F)F)c3nc(C)cn3n2)C=C1F. The number of imidazole rings is 1. The average molecular weight is 447 g/mol. The van der Waals surface area contributed by atoms with Gasteiger partial charge in [0, 0.05) is 38.4 Å². The zero-order chi connectivity index (χ0) is 22.7. The summed E-state index contributed by atoms with van der Waals surface area (Å²) in [6, 6.07) is 1.23. The topological polar surface area (TPSA) is 88.2 Å². The molecule has 5 rings (SSSR count). The Bertz CT molecular complexity index is 1090. The quantitative estimate of drug-likeness (QED) is 0.555. The number of nitrogens with zero attached hydrogens (tertiary/aromatic N) is 5. The third-order valence-electron chi connectivity index (χ3n) is 5.51. The second-order valence-corrected chi connectivity index (χ2v) is 7.85. The van der Waals surface area contributed by atoms with Crippen molar-refractivity contribution in [3.05, 3.63) is 47.2 Å². The summed E-state index contributed by atoms with van der Waals surface area (Å²) in [6.45, 7) is 8.03. The number of halogens is 3. The monoisotopic (exact) mass is 447 g/mol. The molecule has 2 saturated heterocycles. The minimum atomic E-state index is -2.71. The number of ether oxygens (including phenoxy) is 1. The number of nitrogens with one attached hydrogen (secondary N) is 2. The minimum absolute atomic E-state index is 0.0932. The van der Waals surface area contributed by atoms with Crippen LogP contribution in [0, 0.1) is 6.92 Å². The van der Waals surface area contributed by atoms with Crippen LogP contribution in [-0.2, 0) is 4.74 Å². The molecule has 8 nitrogen and oxygen atoms in total. The number of aromatic nitrogens is 3. The third kappa shape index (κ3) is 4.58. The van der Waals surface area contributed by atoms with Crippen molar-refractivity contribution in [2.24, 2.45) is 10.2 Å². The lowest BCUT2D eigenvalue weighted by molar-refractivity contribution is -0.0358. The summed E-state index contributed by atoms with van der Waals surface area (Å²) in [7, 11) is 0. The molecule has 2 N–H and O–H groups in total. The van der Waals surface area contributed by atoms with Gasteiger partial charge in [-0.25, -0.2) is 22.7 Å². The van der Waals surface area contributed by atoms with E-state index in [0.29, 0.717) is 16.9 Å². The van der Waals surface area contributed by atoms with E-state index in [0.717, 1.165) is 19.7 Å². The summed E-state index contributed by atoms with van der Waals surface area (Å²) in [6.07, 6.45) is 4.39. The van der Waals surface area contributed by atoms with Crippen LogP contribution in [0.2, 0.25) is 0 Å². The van der Waals surface area contributed by atoms with Gasteiger partial charge >= 0.3 is 0 Å². The van der Waals surface area contributed by atoms with Crippen molar-refractivity contribution in [3.8, 4) is 0 Å². The Hall–Kier alpha value is -3.05. The van der Waals surface area contributed by atoms with Crippen molar-refractivity contribution < 1.29 is 17.9 Å². The molecule has 0 unspecified atom stereocenters. The van der Waals surface area contributed by atoms with Gasteiger partial charge in [0.15, 0.2) is 5.65 Å². The summed E-state index contributed by atoms with van der Waals surface area (Å²) >= 11 is 0. The Labute approximate surface area is 182 Å². The van der Waals surface area contributed by atoms with Crippen LogP contribution in [0.1, 0.15) is 42.6 Å². The summed E-state index contributed by atoms with van der Waals surface area (Å²) in [5.41, 5.74) is 3.71. The normalized spacial score (nSPS) is 20.6. The minimum Gasteiger partial charge on any atom is -0.372 e. The van der Waals surface area contributed by atoms with Gasteiger partial charge in [-0.15, -0.1) is 0 Å². The fourth-order valence-corrected chi connectivity index (χ4v) is 3.81. The lowest BCUT2D eigenvalue weighted by Crippen LogP contribution is -2.58. The van der Waals surface area contributed by atoms with E-state index in [1.165, 1.54) is 29.5 Å². The lowest BCUT2D eigenvalue weighted by atomic mass is 9.94. The van der Waals surface area contributed by atoms with Crippen LogP contribution in [0.5, 0.6) is 0 Å². The molecule has 2 fully saturated rings. The molecule has 0 saturated carbocycles. The summed E-state index contributed by atoms with van der Waals surface area (Å²) in [5, 5.41) is 14.5. The predicted octanol–water partition coefficient (Wildman–Crippen LogP) is 3.32. The third-order valence-corrected chi connectivity index (χ3v) is 5.51. The molecule has 1 aliphatic carbocycles. The van der Waals surface area contributed by atoms with Gasteiger partial charge < -0.3 is 10.1 Å². The van der Waals surface area contributed by atoms with Crippen LogP contribution in [0.3, 0.4) is 0 Å². The molecule has 0 radical (unpaired) electrons. The van der Waals surface area contributed by atoms with Crippen LogP contribution in [0.25, 0.3) is 11.2 Å². The number of hydrogen-bond acceptors (Lipinski definition) is 7. The van der Waals surface area contributed by atoms with Gasteiger partial charge in [0.25, 0.3) is 6.43 Å². The first-order valence-electron chi connectivity index (χ1n) is 10.3. The number of hydrogen-bond donors (Lipinski definition) is 2. The van der Waals surface area contributed by atoms with Crippen LogP contribution in [0.4, 0.5) is 13.2 Å².